The zero-order chi connectivity index (χ0) is 18.4. The van der Waals surface area contributed by atoms with Gasteiger partial charge in [0.2, 0.25) is 0 Å². The minimum absolute atomic E-state index is 0.0686. The second kappa shape index (κ2) is 5.61. The van der Waals surface area contributed by atoms with Gasteiger partial charge in [-0.15, -0.1) is 0 Å². The van der Waals surface area contributed by atoms with Crippen LogP contribution >= 0.6 is 0 Å². The number of hydrogen-bond acceptors (Lipinski definition) is 3. The maximum atomic E-state index is 10.8. The first-order valence-corrected chi connectivity index (χ1v) is 11.6. The van der Waals surface area contributed by atoms with Crippen LogP contribution < -0.4 is 0 Å². The van der Waals surface area contributed by atoms with Crippen molar-refractivity contribution in [3.05, 3.63) is 11.1 Å². The second-order valence-corrected chi connectivity index (χ2v) is 11.2. The maximum Gasteiger partial charge on any atom is 0.172 e. The Bertz CT molecular complexity index is 673. The van der Waals surface area contributed by atoms with Crippen LogP contribution in [-0.4, -0.2) is 30.2 Å². The fourth-order valence-electron chi connectivity index (χ4n) is 8.35. The molecule has 3 heteroatoms. The van der Waals surface area contributed by atoms with Crippen LogP contribution in [0.1, 0.15) is 78.1 Å². The largest absolute Gasteiger partial charge is 0.393 e. The van der Waals surface area contributed by atoms with Crippen molar-refractivity contribution in [3.63, 3.8) is 0 Å². The number of aliphatic hydroxyl groups excluding tert-OH is 1. The summed E-state index contributed by atoms with van der Waals surface area (Å²) in [6, 6.07) is 0. The molecule has 0 radical (unpaired) electrons. The van der Waals surface area contributed by atoms with Gasteiger partial charge in [-0.3, -0.25) is 0 Å². The van der Waals surface area contributed by atoms with Crippen LogP contribution in [0.15, 0.2) is 11.1 Å². The molecule has 4 saturated carbocycles. The smallest absolute Gasteiger partial charge is 0.172 e. The highest BCUT2D eigenvalue weighted by Crippen LogP contribution is 2.68. The number of allylic oxidation sites excluding steroid dienone is 1. The van der Waals surface area contributed by atoms with Gasteiger partial charge in [0.1, 0.15) is 0 Å². The lowest BCUT2D eigenvalue weighted by Gasteiger charge is -2.60. The molecule has 0 aromatic rings. The Balaban J connectivity index is 1.41. The molecule has 1 heterocycles. The number of ether oxygens (including phenoxy) is 2. The van der Waals surface area contributed by atoms with E-state index in [1.807, 2.05) is 5.57 Å². The van der Waals surface area contributed by atoms with Crippen LogP contribution in [0.4, 0.5) is 0 Å². The molecule has 0 bridgehead atoms. The average Bonchev–Trinajstić information content (AvgIpc) is 3.32. The van der Waals surface area contributed by atoms with Gasteiger partial charge in [-0.1, -0.05) is 25.0 Å². The van der Waals surface area contributed by atoms with Gasteiger partial charge in [-0.05, 0) is 85.9 Å². The molecule has 27 heavy (non-hydrogen) atoms. The van der Waals surface area contributed by atoms with E-state index in [1.165, 1.54) is 44.9 Å². The Labute approximate surface area is 163 Å². The number of fused-ring (bicyclic) bond motifs is 5. The predicted octanol–water partition coefficient (Wildman–Crippen LogP) is 4.83. The molecular weight excluding hydrogens is 336 g/mol. The van der Waals surface area contributed by atoms with Crippen molar-refractivity contribution in [2.24, 2.45) is 34.5 Å². The molecule has 1 spiro atoms. The molecule has 150 valence electrons. The number of hydrogen-bond donors (Lipinski definition) is 1. The molecule has 6 atom stereocenters. The lowest BCUT2D eigenvalue weighted by molar-refractivity contribution is -0.186. The van der Waals surface area contributed by atoms with E-state index in [1.54, 1.807) is 5.57 Å². The third-order valence-corrected chi connectivity index (χ3v) is 10.1. The Morgan fingerprint density at radius 1 is 0.889 bits per heavy atom. The SMILES string of the molecule is CC12CCC3(CC1=C(C1CC1)CC1C2CCC2(C)C(O)CCC12)OCCO3. The summed E-state index contributed by atoms with van der Waals surface area (Å²) in [4.78, 5) is 0. The lowest BCUT2D eigenvalue weighted by Crippen LogP contribution is -2.53. The van der Waals surface area contributed by atoms with Gasteiger partial charge in [-0.2, -0.15) is 0 Å². The van der Waals surface area contributed by atoms with Crippen molar-refractivity contribution in [3.8, 4) is 0 Å². The Hall–Kier alpha value is -0.380. The summed E-state index contributed by atoms with van der Waals surface area (Å²) in [5.41, 5.74) is 4.08. The maximum absolute atomic E-state index is 10.8. The normalized spacial score (nSPS) is 51.2. The van der Waals surface area contributed by atoms with E-state index in [9.17, 15) is 5.11 Å². The third kappa shape index (κ3) is 2.31. The first-order chi connectivity index (χ1) is 13.0. The van der Waals surface area contributed by atoms with Crippen LogP contribution in [0.25, 0.3) is 0 Å². The van der Waals surface area contributed by atoms with Crippen LogP contribution in [0.3, 0.4) is 0 Å². The van der Waals surface area contributed by atoms with Gasteiger partial charge in [0.25, 0.3) is 0 Å². The van der Waals surface area contributed by atoms with Gasteiger partial charge >= 0.3 is 0 Å². The number of aliphatic hydroxyl groups is 1. The summed E-state index contributed by atoms with van der Waals surface area (Å²) >= 11 is 0. The van der Waals surface area contributed by atoms with Gasteiger partial charge in [0.05, 0.1) is 19.3 Å². The van der Waals surface area contributed by atoms with E-state index < -0.39 is 0 Å². The molecule has 1 N–H and O–H groups in total. The van der Waals surface area contributed by atoms with Crippen molar-refractivity contribution in [1.82, 2.24) is 0 Å². The zero-order valence-corrected chi connectivity index (χ0v) is 17.1. The molecule has 6 unspecified atom stereocenters. The van der Waals surface area contributed by atoms with Crippen LogP contribution in [0, 0.1) is 34.5 Å². The first kappa shape index (κ1) is 17.5. The summed E-state index contributed by atoms with van der Waals surface area (Å²) in [5, 5.41) is 10.8. The Morgan fingerprint density at radius 2 is 1.67 bits per heavy atom. The fraction of sp³-hybridized carbons (Fsp3) is 0.917. The average molecular weight is 373 g/mol. The van der Waals surface area contributed by atoms with E-state index in [0.717, 1.165) is 56.1 Å². The van der Waals surface area contributed by atoms with E-state index in [4.69, 9.17) is 9.47 Å². The highest BCUT2D eigenvalue weighted by Gasteiger charge is 2.61. The highest BCUT2D eigenvalue weighted by atomic mass is 16.7. The Kier molecular flexibility index (Phi) is 3.63. The number of rotatable bonds is 1. The van der Waals surface area contributed by atoms with Gasteiger partial charge in [0, 0.05) is 12.8 Å². The van der Waals surface area contributed by atoms with Crippen LogP contribution in [0.5, 0.6) is 0 Å². The first-order valence-electron chi connectivity index (χ1n) is 11.6. The molecule has 5 aliphatic carbocycles. The van der Waals surface area contributed by atoms with Crippen molar-refractivity contribution < 1.29 is 14.6 Å². The molecule has 3 nitrogen and oxygen atoms in total. The molecule has 0 aromatic carbocycles. The van der Waals surface area contributed by atoms with E-state index >= 15 is 0 Å². The summed E-state index contributed by atoms with van der Waals surface area (Å²) in [5.74, 6) is 2.88. The van der Waals surface area contributed by atoms with Crippen molar-refractivity contribution >= 4 is 0 Å². The van der Waals surface area contributed by atoms with E-state index in [0.29, 0.717) is 5.41 Å². The molecule has 1 aliphatic heterocycles. The summed E-state index contributed by atoms with van der Waals surface area (Å²) < 4.78 is 12.3. The summed E-state index contributed by atoms with van der Waals surface area (Å²) in [6.07, 6.45) is 12.2. The van der Waals surface area contributed by atoms with Crippen LogP contribution in [-0.2, 0) is 9.47 Å². The molecule has 0 amide bonds. The lowest BCUT2D eigenvalue weighted by atomic mass is 9.46. The summed E-state index contributed by atoms with van der Waals surface area (Å²) in [6.45, 7) is 6.54. The van der Waals surface area contributed by atoms with Crippen molar-refractivity contribution in [2.45, 2.75) is 89.9 Å². The van der Waals surface area contributed by atoms with Gasteiger partial charge in [0.15, 0.2) is 5.79 Å². The van der Waals surface area contributed by atoms with Crippen molar-refractivity contribution in [2.75, 3.05) is 13.2 Å². The quantitative estimate of drug-likeness (QED) is 0.670. The topological polar surface area (TPSA) is 38.7 Å². The molecule has 1 saturated heterocycles. The highest BCUT2D eigenvalue weighted by molar-refractivity contribution is 5.35. The predicted molar refractivity (Wildman–Crippen MR) is 104 cm³/mol. The molecule has 6 rings (SSSR count). The fourth-order valence-corrected chi connectivity index (χ4v) is 8.35. The molecule has 6 aliphatic rings. The van der Waals surface area contributed by atoms with E-state index in [-0.39, 0.29) is 17.3 Å². The molecule has 5 fully saturated rings. The zero-order valence-electron chi connectivity index (χ0n) is 17.1. The van der Waals surface area contributed by atoms with Gasteiger partial charge in [-0.25, -0.2) is 0 Å². The van der Waals surface area contributed by atoms with Crippen LogP contribution in [0.2, 0.25) is 0 Å². The third-order valence-electron chi connectivity index (χ3n) is 10.1. The minimum atomic E-state index is -0.297. The monoisotopic (exact) mass is 372 g/mol. The Morgan fingerprint density at radius 3 is 2.41 bits per heavy atom. The molecule has 0 aromatic heterocycles. The summed E-state index contributed by atoms with van der Waals surface area (Å²) in [7, 11) is 0. The van der Waals surface area contributed by atoms with E-state index in [2.05, 4.69) is 13.8 Å². The van der Waals surface area contributed by atoms with Gasteiger partial charge < -0.3 is 14.6 Å². The standard InChI is InChI=1S/C24H36O3/c1-22-9-10-24(26-11-12-27-24)14-20(22)16(15-3-4-15)13-17-18-5-6-21(25)23(18,2)8-7-19(17)22/h15,17-19,21,25H,3-14H2,1-2H3. The minimum Gasteiger partial charge on any atom is -0.393 e. The molecular formula is C24H36O3. The second-order valence-electron chi connectivity index (χ2n) is 11.2. The van der Waals surface area contributed by atoms with Crippen molar-refractivity contribution in [1.29, 1.82) is 0 Å².